The molecule has 0 saturated carbocycles. The molecule has 2 aromatic rings. The van der Waals surface area contributed by atoms with Crippen LogP contribution in [0.3, 0.4) is 0 Å². The van der Waals surface area contributed by atoms with Crippen LogP contribution in [0.1, 0.15) is 27.8 Å². The molecular weight excluding hydrogens is 361 g/mol. The molecule has 1 aromatic carbocycles. The van der Waals surface area contributed by atoms with Gasteiger partial charge < -0.3 is 14.7 Å². The van der Waals surface area contributed by atoms with Crippen molar-refractivity contribution in [2.75, 3.05) is 33.7 Å². The number of hydrogen-bond acceptors (Lipinski definition) is 3. The van der Waals surface area contributed by atoms with Crippen molar-refractivity contribution in [3.8, 4) is 0 Å². The number of nitrogens with one attached hydrogen (secondary N) is 1. The Labute approximate surface area is 163 Å². The molecular formula is C20H24FN5O2. The smallest absolute Gasteiger partial charge is 0.320 e. The first kappa shape index (κ1) is 18.5. The highest BCUT2D eigenvalue weighted by Crippen LogP contribution is 2.45. The number of nitrogens with zero attached hydrogens (tertiary/aromatic N) is 4. The van der Waals surface area contributed by atoms with Crippen molar-refractivity contribution in [1.82, 2.24) is 24.9 Å². The van der Waals surface area contributed by atoms with Crippen LogP contribution in [0.15, 0.2) is 30.3 Å². The van der Waals surface area contributed by atoms with Gasteiger partial charge in [-0.15, -0.1) is 0 Å². The average molecular weight is 385 g/mol. The van der Waals surface area contributed by atoms with Gasteiger partial charge in [0.2, 0.25) is 0 Å². The fourth-order valence-electron chi connectivity index (χ4n) is 4.47. The van der Waals surface area contributed by atoms with Gasteiger partial charge in [-0.3, -0.25) is 9.89 Å². The highest BCUT2D eigenvalue weighted by molar-refractivity contribution is 5.92. The number of fused-ring (bicyclic) bond motifs is 1. The average Bonchev–Trinajstić information content (AvgIpc) is 3.34. The minimum absolute atomic E-state index is 0.0645. The van der Waals surface area contributed by atoms with E-state index >= 15 is 0 Å². The monoisotopic (exact) mass is 385 g/mol. The summed E-state index contributed by atoms with van der Waals surface area (Å²) < 4.78 is 13.9. The Morgan fingerprint density at radius 1 is 1.21 bits per heavy atom. The summed E-state index contributed by atoms with van der Waals surface area (Å²) in [5.74, 6) is -0.214. The Morgan fingerprint density at radius 2 is 2.00 bits per heavy atom. The van der Waals surface area contributed by atoms with E-state index in [1.807, 2.05) is 17.9 Å². The van der Waals surface area contributed by atoms with Crippen molar-refractivity contribution in [3.05, 3.63) is 53.1 Å². The molecule has 0 bridgehead atoms. The molecule has 2 aliphatic rings. The van der Waals surface area contributed by atoms with E-state index in [1.165, 1.54) is 12.1 Å². The lowest BCUT2D eigenvalue weighted by atomic mass is 9.89. The number of amides is 3. The van der Waals surface area contributed by atoms with E-state index < -0.39 is 0 Å². The topological polar surface area (TPSA) is 72.5 Å². The molecule has 0 spiro atoms. The lowest BCUT2D eigenvalue weighted by Gasteiger charge is -2.31. The molecule has 3 atom stereocenters. The number of aromatic amines is 1. The van der Waals surface area contributed by atoms with Crippen molar-refractivity contribution in [2.24, 2.45) is 11.8 Å². The number of carbonyl (C=O) groups is 2. The van der Waals surface area contributed by atoms with E-state index in [0.717, 1.165) is 11.3 Å². The molecule has 0 unspecified atom stereocenters. The van der Waals surface area contributed by atoms with Crippen LogP contribution in [0.25, 0.3) is 0 Å². The molecule has 2 aliphatic heterocycles. The summed E-state index contributed by atoms with van der Waals surface area (Å²) in [4.78, 5) is 30.7. The maximum Gasteiger partial charge on any atom is 0.320 e. The number of likely N-dealkylation sites (tertiary alicyclic amines) is 2. The molecule has 0 radical (unpaired) electrons. The fourth-order valence-corrected chi connectivity index (χ4v) is 4.47. The Kier molecular flexibility index (Phi) is 4.56. The summed E-state index contributed by atoms with van der Waals surface area (Å²) >= 11 is 0. The lowest BCUT2D eigenvalue weighted by molar-refractivity contribution is 0.0760. The Bertz CT molecular complexity index is 912. The second kappa shape index (κ2) is 6.92. The van der Waals surface area contributed by atoms with E-state index in [4.69, 9.17) is 0 Å². The lowest BCUT2D eigenvalue weighted by Crippen LogP contribution is -2.42. The molecule has 3 heterocycles. The molecule has 2 saturated heterocycles. The zero-order chi connectivity index (χ0) is 20.0. The van der Waals surface area contributed by atoms with Gasteiger partial charge in [-0.1, -0.05) is 12.1 Å². The van der Waals surface area contributed by atoms with E-state index in [-0.39, 0.29) is 35.6 Å². The number of benzene rings is 1. The van der Waals surface area contributed by atoms with Gasteiger partial charge in [0.25, 0.3) is 5.91 Å². The largest absolute Gasteiger partial charge is 0.337 e. The number of aryl methyl sites for hydroxylation is 1. The minimum Gasteiger partial charge on any atom is -0.337 e. The quantitative estimate of drug-likeness (QED) is 0.862. The maximum atomic E-state index is 13.9. The number of carbonyl (C=O) groups excluding carboxylic acids is 2. The van der Waals surface area contributed by atoms with Crippen LogP contribution in [0.5, 0.6) is 0 Å². The van der Waals surface area contributed by atoms with Crippen LogP contribution in [-0.2, 0) is 0 Å². The molecule has 0 aliphatic carbocycles. The summed E-state index contributed by atoms with van der Waals surface area (Å²) in [6.45, 7) is 3.49. The molecule has 8 heteroatoms. The van der Waals surface area contributed by atoms with E-state index in [1.54, 1.807) is 36.0 Å². The van der Waals surface area contributed by atoms with Crippen molar-refractivity contribution in [3.63, 3.8) is 0 Å². The Morgan fingerprint density at radius 3 is 2.64 bits per heavy atom. The van der Waals surface area contributed by atoms with Crippen LogP contribution in [-0.4, -0.2) is 70.6 Å². The Hall–Kier alpha value is -2.90. The molecule has 148 valence electrons. The van der Waals surface area contributed by atoms with Gasteiger partial charge in [0.05, 0.1) is 6.04 Å². The molecule has 28 heavy (non-hydrogen) atoms. The molecule has 1 aromatic heterocycles. The van der Waals surface area contributed by atoms with Gasteiger partial charge in [0.1, 0.15) is 11.5 Å². The van der Waals surface area contributed by atoms with E-state index in [2.05, 4.69) is 10.2 Å². The van der Waals surface area contributed by atoms with Gasteiger partial charge in [0, 0.05) is 51.3 Å². The summed E-state index contributed by atoms with van der Waals surface area (Å²) in [6.07, 6.45) is 0. The van der Waals surface area contributed by atoms with Crippen molar-refractivity contribution in [1.29, 1.82) is 0 Å². The van der Waals surface area contributed by atoms with Crippen LogP contribution in [0, 0.1) is 24.6 Å². The van der Waals surface area contributed by atoms with Crippen LogP contribution < -0.4 is 0 Å². The number of aromatic nitrogens is 2. The molecule has 3 amide bonds. The van der Waals surface area contributed by atoms with Crippen LogP contribution >= 0.6 is 0 Å². The summed E-state index contributed by atoms with van der Waals surface area (Å²) in [7, 11) is 3.43. The van der Waals surface area contributed by atoms with Crippen molar-refractivity contribution < 1.29 is 14.0 Å². The second-order valence-corrected chi connectivity index (χ2v) is 7.90. The molecule has 7 nitrogen and oxygen atoms in total. The van der Waals surface area contributed by atoms with Crippen LogP contribution in [0.4, 0.5) is 9.18 Å². The van der Waals surface area contributed by atoms with Gasteiger partial charge in [-0.05, 0) is 30.7 Å². The molecule has 1 N–H and O–H groups in total. The first-order valence-electron chi connectivity index (χ1n) is 9.40. The number of H-pyrrole nitrogens is 1. The predicted molar refractivity (Wildman–Crippen MR) is 101 cm³/mol. The third-order valence-corrected chi connectivity index (χ3v) is 5.69. The van der Waals surface area contributed by atoms with Gasteiger partial charge >= 0.3 is 6.03 Å². The second-order valence-electron chi connectivity index (χ2n) is 7.90. The normalized spacial score (nSPS) is 23.8. The number of urea groups is 1. The zero-order valence-corrected chi connectivity index (χ0v) is 16.2. The maximum absolute atomic E-state index is 13.9. The predicted octanol–water partition coefficient (Wildman–Crippen LogP) is 2.28. The first-order valence-corrected chi connectivity index (χ1v) is 9.40. The fraction of sp³-hybridized carbons (Fsp3) is 0.450. The highest BCUT2D eigenvalue weighted by atomic mass is 19.1. The van der Waals surface area contributed by atoms with Crippen molar-refractivity contribution >= 4 is 11.9 Å². The SMILES string of the molecule is Cc1cc(C(=O)N2C[C@@H]3CN(C(=O)N(C)C)[C@H](c4cccc(F)c4)[C@@H]3C2)n[nH]1. The molecule has 4 rings (SSSR count). The van der Waals surface area contributed by atoms with E-state index in [0.29, 0.717) is 25.3 Å². The van der Waals surface area contributed by atoms with E-state index in [9.17, 15) is 14.0 Å². The number of hydrogen-bond donors (Lipinski definition) is 1. The van der Waals surface area contributed by atoms with Crippen LogP contribution in [0.2, 0.25) is 0 Å². The third-order valence-electron chi connectivity index (χ3n) is 5.69. The summed E-state index contributed by atoms with van der Waals surface area (Å²) in [6, 6.07) is 7.80. The van der Waals surface area contributed by atoms with Crippen molar-refractivity contribution in [2.45, 2.75) is 13.0 Å². The third kappa shape index (κ3) is 3.12. The molecule has 2 fully saturated rings. The summed E-state index contributed by atoms with van der Waals surface area (Å²) in [5.41, 5.74) is 2.01. The first-order chi connectivity index (χ1) is 13.3. The highest BCUT2D eigenvalue weighted by Gasteiger charge is 2.50. The number of rotatable bonds is 2. The van der Waals surface area contributed by atoms with Gasteiger partial charge in [-0.2, -0.15) is 5.10 Å². The van der Waals surface area contributed by atoms with Gasteiger partial charge in [0.15, 0.2) is 0 Å². The standard InChI is InChI=1S/C20H24FN5O2/c1-12-7-17(23-22-12)19(27)25-9-14-10-26(20(28)24(2)3)18(16(14)11-25)13-5-4-6-15(21)8-13/h4-8,14,16,18H,9-11H2,1-3H3,(H,22,23)/t14-,16-,18-/m1/s1. The summed E-state index contributed by atoms with van der Waals surface area (Å²) in [5, 5.41) is 6.87. The Balaban J connectivity index is 1.62. The minimum atomic E-state index is -0.323. The zero-order valence-electron chi connectivity index (χ0n) is 16.2. The van der Waals surface area contributed by atoms with Gasteiger partial charge in [-0.25, -0.2) is 9.18 Å². The number of halogens is 1.